The Morgan fingerprint density at radius 3 is 2.79 bits per heavy atom. The number of carbonyl (C=O) groups excluding carboxylic acids is 2. The third-order valence-electron chi connectivity index (χ3n) is 3.13. The van der Waals surface area contributed by atoms with E-state index in [2.05, 4.69) is 15.4 Å². The first-order valence-electron chi connectivity index (χ1n) is 6.80. The predicted octanol–water partition coefficient (Wildman–Crippen LogP) is 0.213. The van der Waals surface area contributed by atoms with Crippen molar-refractivity contribution in [1.82, 2.24) is 10.6 Å². The Kier molecular flexibility index (Phi) is 7.43. The Labute approximate surface area is 114 Å². The molecule has 1 fully saturated rings. The molecule has 0 bridgehead atoms. The van der Waals surface area contributed by atoms with Crippen molar-refractivity contribution in [3.05, 3.63) is 0 Å². The van der Waals surface area contributed by atoms with Crippen LogP contribution in [0.2, 0.25) is 0 Å². The number of methoxy groups -OCH3 is 1. The molecule has 110 valence electrons. The van der Waals surface area contributed by atoms with Crippen molar-refractivity contribution >= 4 is 11.9 Å². The first-order valence-corrected chi connectivity index (χ1v) is 6.80. The molecule has 1 rings (SSSR count). The lowest BCUT2D eigenvalue weighted by atomic mass is 10.1. The van der Waals surface area contributed by atoms with Gasteiger partial charge in [-0.3, -0.25) is 4.79 Å². The summed E-state index contributed by atoms with van der Waals surface area (Å²) in [4.78, 5) is 22.4. The Bertz CT molecular complexity index is 290. The zero-order valence-electron chi connectivity index (χ0n) is 11.7. The minimum atomic E-state index is -0.630. The van der Waals surface area contributed by atoms with Crippen molar-refractivity contribution in [2.45, 2.75) is 44.8 Å². The van der Waals surface area contributed by atoms with Crippen molar-refractivity contribution in [3.8, 4) is 0 Å². The van der Waals surface area contributed by atoms with Crippen LogP contribution >= 0.6 is 0 Å². The molecule has 19 heavy (non-hydrogen) atoms. The van der Waals surface area contributed by atoms with Gasteiger partial charge in [0.25, 0.3) is 0 Å². The van der Waals surface area contributed by atoms with Gasteiger partial charge in [-0.1, -0.05) is 0 Å². The fourth-order valence-corrected chi connectivity index (χ4v) is 2.13. The highest BCUT2D eigenvalue weighted by Crippen LogP contribution is 2.14. The zero-order chi connectivity index (χ0) is 14.1. The molecule has 1 amide bonds. The number of carbonyl (C=O) groups is 2. The van der Waals surface area contributed by atoms with Gasteiger partial charge in [-0.05, 0) is 32.2 Å². The van der Waals surface area contributed by atoms with Crippen LogP contribution in [0.4, 0.5) is 0 Å². The summed E-state index contributed by atoms with van der Waals surface area (Å²) in [5.41, 5.74) is 0. The van der Waals surface area contributed by atoms with Crippen LogP contribution in [0.3, 0.4) is 0 Å². The largest absolute Gasteiger partial charge is 0.467 e. The number of hydrogen-bond acceptors (Lipinski definition) is 5. The highest BCUT2D eigenvalue weighted by atomic mass is 16.5. The van der Waals surface area contributed by atoms with Gasteiger partial charge in [0.2, 0.25) is 5.91 Å². The molecule has 0 saturated carbocycles. The molecule has 2 atom stereocenters. The average Bonchev–Trinajstić information content (AvgIpc) is 2.42. The third-order valence-corrected chi connectivity index (χ3v) is 3.13. The van der Waals surface area contributed by atoms with E-state index in [0.29, 0.717) is 12.6 Å². The van der Waals surface area contributed by atoms with Crippen LogP contribution in [0.25, 0.3) is 0 Å². The maximum atomic E-state index is 11.4. The minimum Gasteiger partial charge on any atom is -0.467 e. The molecule has 1 aliphatic heterocycles. The van der Waals surface area contributed by atoms with Gasteiger partial charge in [-0.2, -0.15) is 0 Å². The quantitative estimate of drug-likeness (QED) is 0.512. The van der Waals surface area contributed by atoms with Crippen LogP contribution in [0, 0.1) is 0 Å². The minimum absolute atomic E-state index is 0.243. The van der Waals surface area contributed by atoms with E-state index in [4.69, 9.17) is 4.74 Å². The Morgan fingerprint density at radius 1 is 1.42 bits per heavy atom. The van der Waals surface area contributed by atoms with Crippen LogP contribution in [-0.4, -0.2) is 50.8 Å². The summed E-state index contributed by atoms with van der Waals surface area (Å²) in [6.07, 6.45) is 4.72. The van der Waals surface area contributed by atoms with Gasteiger partial charge >= 0.3 is 5.97 Å². The SMILES string of the molecule is COC(=O)C(CNCCC1CCCCO1)NC(C)=O. The molecular formula is C13H24N2O4. The van der Waals surface area contributed by atoms with Crippen molar-refractivity contribution in [2.24, 2.45) is 0 Å². The van der Waals surface area contributed by atoms with Crippen LogP contribution in [0.1, 0.15) is 32.6 Å². The van der Waals surface area contributed by atoms with Crippen LogP contribution < -0.4 is 10.6 Å². The standard InChI is InChI=1S/C13H24N2O4/c1-10(16)15-12(13(17)18-2)9-14-7-6-11-5-3-4-8-19-11/h11-12,14H,3-9H2,1-2H3,(H,15,16). The number of hydrogen-bond donors (Lipinski definition) is 2. The Balaban J connectivity index is 2.19. The smallest absolute Gasteiger partial charge is 0.329 e. The molecule has 0 radical (unpaired) electrons. The van der Waals surface area contributed by atoms with E-state index in [1.165, 1.54) is 20.5 Å². The van der Waals surface area contributed by atoms with E-state index in [1.807, 2.05) is 0 Å². The lowest BCUT2D eigenvalue weighted by Crippen LogP contribution is -2.47. The molecule has 1 saturated heterocycles. The van der Waals surface area contributed by atoms with Crippen LogP contribution in [-0.2, 0) is 19.1 Å². The maximum absolute atomic E-state index is 11.4. The van der Waals surface area contributed by atoms with E-state index in [1.54, 1.807) is 0 Å². The van der Waals surface area contributed by atoms with Gasteiger partial charge in [0, 0.05) is 20.1 Å². The fraction of sp³-hybridized carbons (Fsp3) is 0.846. The van der Waals surface area contributed by atoms with Gasteiger partial charge in [0.05, 0.1) is 13.2 Å². The van der Waals surface area contributed by atoms with E-state index >= 15 is 0 Å². The molecule has 1 heterocycles. The molecule has 6 nitrogen and oxygen atoms in total. The van der Waals surface area contributed by atoms with Crippen LogP contribution in [0.5, 0.6) is 0 Å². The number of amides is 1. The van der Waals surface area contributed by atoms with Gasteiger partial charge in [-0.15, -0.1) is 0 Å². The number of nitrogens with one attached hydrogen (secondary N) is 2. The summed E-state index contributed by atoms with van der Waals surface area (Å²) in [6, 6.07) is -0.630. The van der Waals surface area contributed by atoms with Crippen molar-refractivity contribution in [3.63, 3.8) is 0 Å². The summed E-state index contributed by atoms with van der Waals surface area (Å²) in [6.45, 7) is 3.36. The van der Waals surface area contributed by atoms with Gasteiger partial charge in [-0.25, -0.2) is 4.79 Å². The summed E-state index contributed by atoms with van der Waals surface area (Å²) < 4.78 is 10.3. The second kappa shape index (κ2) is 8.87. The van der Waals surface area contributed by atoms with Gasteiger partial charge < -0.3 is 20.1 Å². The molecule has 0 aromatic heterocycles. The van der Waals surface area contributed by atoms with E-state index in [-0.39, 0.29) is 5.91 Å². The molecule has 0 aromatic carbocycles. The maximum Gasteiger partial charge on any atom is 0.329 e. The lowest BCUT2D eigenvalue weighted by molar-refractivity contribution is -0.144. The zero-order valence-corrected chi connectivity index (χ0v) is 11.7. The van der Waals surface area contributed by atoms with Crippen molar-refractivity contribution < 1.29 is 19.1 Å². The molecule has 1 aliphatic rings. The van der Waals surface area contributed by atoms with Gasteiger partial charge in [0.15, 0.2) is 0 Å². The van der Waals surface area contributed by atoms with Crippen molar-refractivity contribution in [1.29, 1.82) is 0 Å². The molecule has 0 aliphatic carbocycles. The van der Waals surface area contributed by atoms with E-state index in [0.717, 1.165) is 32.4 Å². The van der Waals surface area contributed by atoms with Crippen LogP contribution in [0.15, 0.2) is 0 Å². The first-order chi connectivity index (χ1) is 9.13. The molecule has 2 N–H and O–H groups in total. The number of ether oxygens (including phenoxy) is 2. The molecular weight excluding hydrogens is 248 g/mol. The van der Waals surface area contributed by atoms with E-state index < -0.39 is 12.0 Å². The fourth-order valence-electron chi connectivity index (χ4n) is 2.13. The summed E-state index contributed by atoms with van der Waals surface area (Å²) >= 11 is 0. The number of esters is 1. The summed E-state index contributed by atoms with van der Waals surface area (Å²) in [5, 5.41) is 5.72. The predicted molar refractivity (Wildman–Crippen MR) is 70.7 cm³/mol. The first kappa shape index (κ1) is 15.9. The second-order valence-electron chi connectivity index (χ2n) is 4.76. The Hall–Kier alpha value is -1.14. The normalized spacial score (nSPS) is 20.6. The number of rotatable bonds is 7. The highest BCUT2D eigenvalue weighted by molar-refractivity contribution is 5.83. The van der Waals surface area contributed by atoms with Crippen molar-refractivity contribution in [2.75, 3.05) is 26.8 Å². The molecule has 2 unspecified atom stereocenters. The van der Waals surface area contributed by atoms with Gasteiger partial charge in [0.1, 0.15) is 6.04 Å². The Morgan fingerprint density at radius 2 is 2.21 bits per heavy atom. The third kappa shape index (κ3) is 6.54. The molecule has 6 heteroatoms. The molecule has 0 aromatic rings. The summed E-state index contributed by atoms with van der Waals surface area (Å²) in [7, 11) is 1.31. The second-order valence-corrected chi connectivity index (χ2v) is 4.76. The summed E-state index contributed by atoms with van der Waals surface area (Å²) in [5.74, 6) is -0.676. The lowest BCUT2D eigenvalue weighted by Gasteiger charge is -2.23. The average molecular weight is 272 g/mol. The monoisotopic (exact) mass is 272 g/mol. The molecule has 0 spiro atoms. The highest BCUT2D eigenvalue weighted by Gasteiger charge is 2.20. The van der Waals surface area contributed by atoms with E-state index in [9.17, 15) is 9.59 Å². The topological polar surface area (TPSA) is 76.7 Å².